The Morgan fingerprint density at radius 3 is 2.71 bits per heavy atom. The van der Waals surface area contributed by atoms with Gasteiger partial charge in [0.05, 0.1) is 23.9 Å². The molecular formula is C23H30O5. The van der Waals surface area contributed by atoms with Gasteiger partial charge in [0.25, 0.3) is 0 Å². The summed E-state index contributed by atoms with van der Waals surface area (Å²) in [7, 11) is 0. The monoisotopic (exact) mass is 386 g/mol. The number of carbonyl (C=O) groups is 1. The minimum absolute atomic E-state index is 0.0811. The molecule has 1 aromatic rings. The Hall–Kier alpha value is -1.85. The van der Waals surface area contributed by atoms with Crippen molar-refractivity contribution in [2.75, 3.05) is 6.61 Å². The fourth-order valence-electron chi connectivity index (χ4n) is 4.57. The summed E-state index contributed by atoms with van der Waals surface area (Å²) in [6.07, 6.45) is 5.12. The first-order chi connectivity index (χ1) is 13.4. The number of carbonyl (C=O) groups excluding carboxylic acids is 1. The van der Waals surface area contributed by atoms with Gasteiger partial charge in [0.15, 0.2) is 0 Å². The van der Waals surface area contributed by atoms with Gasteiger partial charge in [0.1, 0.15) is 12.7 Å². The third-order valence-corrected chi connectivity index (χ3v) is 6.41. The zero-order valence-corrected chi connectivity index (χ0v) is 17.0. The molecule has 3 fully saturated rings. The number of benzene rings is 1. The summed E-state index contributed by atoms with van der Waals surface area (Å²) >= 11 is 0. The lowest BCUT2D eigenvalue weighted by Crippen LogP contribution is -2.44. The summed E-state index contributed by atoms with van der Waals surface area (Å²) in [5.74, 6) is 0.247. The van der Waals surface area contributed by atoms with Crippen LogP contribution in [0.15, 0.2) is 42.0 Å². The maximum atomic E-state index is 12.2. The zero-order chi connectivity index (χ0) is 19.8. The summed E-state index contributed by atoms with van der Waals surface area (Å²) in [5, 5.41) is 0. The van der Waals surface area contributed by atoms with Crippen molar-refractivity contribution >= 4 is 6.16 Å². The first kappa shape index (κ1) is 19.5. The normalized spacial score (nSPS) is 35.9. The van der Waals surface area contributed by atoms with Crippen molar-refractivity contribution < 1.29 is 23.7 Å². The molecule has 3 aliphatic rings. The highest BCUT2D eigenvalue weighted by Gasteiger charge is 2.68. The highest BCUT2D eigenvalue weighted by atomic mass is 16.7. The van der Waals surface area contributed by atoms with E-state index in [0.29, 0.717) is 0 Å². The second-order valence-electron chi connectivity index (χ2n) is 8.75. The van der Waals surface area contributed by atoms with Gasteiger partial charge in [-0.25, -0.2) is 4.79 Å². The van der Waals surface area contributed by atoms with E-state index in [2.05, 4.69) is 26.8 Å². The van der Waals surface area contributed by atoms with Crippen LogP contribution >= 0.6 is 0 Å². The van der Waals surface area contributed by atoms with E-state index in [1.807, 2.05) is 30.3 Å². The topological polar surface area (TPSA) is 60.6 Å². The van der Waals surface area contributed by atoms with E-state index in [-0.39, 0.29) is 35.9 Å². The van der Waals surface area contributed by atoms with Crippen LogP contribution in [0.2, 0.25) is 0 Å². The van der Waals surface area contributed by atoms with Crippen LogP contribution in [-0.2, 0) is 25.6 Å². The molecule has 4 rings (SSSR count). The van der Waals surface area contributed by atoms with E-state index in [0.717, 1.165) is 37.9 Å². The van der Waals surface area contributed by atoms with E-state index < -0.39 is 6.16 Å². The molecule has 0 aromatic heterocycles. The predicted octanol–water partition coefficient (Wildman–Crippen LogP) is 4.79. The molecule has 5 atom stereocenters. The van der Waals surface area contributed by atoms with Crippen molar-refractivity contribution in [1.82, 2.24) is 0 Å². The first-order valence-electron chi connectivity index (χ1n) is 10.2. The molecule has 2 aliphatic heterocycles. The predicted molar refractivity (Wildman–Crippen MR) is 105 cm³/mol. The standard InChI is InChI=1S/C23H30O5/c1-16(2)9-10-20-22(3,28-20)19-13-18(11-12-23(19)15-26-23)27-21(24)25-14-17-7-5-4-6-8-17/h4-9,18-20H,10-15H2,1-3H3/t18-,19-,20-,22+,23+/m1/s1. The summed E-state index contributed by atoms with van der Waals surface area (Å²) in [6.45, 7) is 7.42. The number of ether oxygens (including phenoxy) is 4. The van der Waals surface area contributed by atoms with Crippen molar-refractivity contribution in [2.45, 2.75) is 76.5 Å². The van der Waals surface area contributed by atoms with Crippen LogP contribution in [0.3, 0.4) is 0 Å². The van der Waals surface area contributed by atoms with Gasteiger partial charge in [-0.2, -0.15) is 0 Å². The summed E-state index contributed by atoms with van der Waals surface area (Å²) in [5.41, 5.74) is 1.98. The second kappa shape index (κ2) is 7.53. The van der Waals surface area contributed by atoms with E-state index in [4.69, 9.17) is 18.9 Å². The molecule has 0 bridgehead atoms. The Morgan fingerprint density at radius 1 is 1.29 bits per heavy atom. The number of rotatable bonds is 6. The molecule has 1 saturated carbocycles. The van der Waals surface area contributed by atoms with Gasteiger partial charge < -0.3 is 18.9 Å². The highest BCUT2D eigenvalue weighted by molar-refractivity contribution is 5.60. The maximum absolute atomic E-state index is 12.2. The van der Waals surface area contributed by atoms with Gasteiger partial charge in [-0.3, -0.25) is 0 Å². The van der Waals surface area contributed by atoms with E-state index >= 15 is 0 Å². The van der Waals surface area contributed by atoms with Crippen LogP contribution in [-0.4, -0.2) is 36.2 Å². The molecule has 1 spiro atoms. The molecule has 2 heterocycles. The minimum Gasteiger partial charge on any atom is -0.431 e. The molecule has 0 unspecified atom stereocenters. The Morgan fingerprint density at radius 2 is 2.04 bits per heavy atom. The molecule has 5 nitrogen and oxygen atoms in total. The van der Waals surface area contributed by atoms with Crippen LogP contribution in [0.1, 0.15) is 52.0 Å². The van der Waals surface area contributed by atoms with Crippen LogP contribution in [0.4, 0.5) is 4.79 Å². The van der Waals surface area contributed by atoms with Crippen molar-refractivity contribution in [1.29, 1.82) is 0 Å². The molecule has 0 N–H and O–H groups in total. The first-order valence-corrected chi connectivity index (χ1v) is 10.2. The second-order valence-corrected chi connectivity index (χ2v) is 8.75. The molecule has 152 valence electrons. The van der Waals surface area contributed by atoms with E-state index in [9.17, 15) is 4.79 Å². The van der Waals surface area contributed by atoms with Crippen molar-refractivity contribution in [3.05, 3.63) is 47.5 Å². The van der Waals surface area contributed by atoms with Gasteiger partial charge in [-0.15, -0.1) is 0 Å². The number of hydrogen-bond donors (Lipinski definition) is 0. The number of epoxide rings is 2. The maximum Gasteiger partial charge on any atom is 0.508 e. The van der Waals surface area contributed by atoms with Crippen LogP contribution < -0.4 is 0 Å². The molecule has 0 amide bonds. The Balaban J connectivity index is 1.32. The fraction of sp³-hybridized carbons (Fsp3) is 0.609. The van der Waals surface area contributed by atoms with E-state index in [1.165, 1.54) is 5.57 Å². The van der Waals surface area contributed by atoms with Gasteiger partial charge in [0.2, 0.25) is 0 Å². The lowest BCUT2D eigenvalue weighted by molar-refractivity contribution is -0.0292. The molecule has 0 radical (unpaired) electrons. The van der Waals surface area contributed by atoms with Crippen molar-refractivity contribution in [3.63, 3.8) is 0 Å². The third-order valence-electron chi connectivity index (χ3n) is 6.41. The minimum atomic E-state index is -0.594. The molecule has 2 saturated heterocycles. The largest absolute Gasteiger partial charge is 0.508 e. The lowest BCUT2D eigenvalue weighted by atomic mass is 9.70. The van der Waals surface area contributed by atoms with Gasteiger partial charge in [-0.1, -0.05) is 42.0 Å². The molecule has 1 aliphatic carbocycles. The van der Waals surface area contributed by atoms with Gasteiger partial charge in [0, 0.05) is 5.92 Å². The number of hydrogen-bond acceptors (Lipinski definition) is 5. The van der Waals surface area contributed by atoms with Crippen LogP contribution in [0.25, 0.3) is 0 Å². The SMILES string of the molecule is CC(C)=CC[C@H]1O[C@@]1(C)[C@H]1C[C@H](OC(=O)OCc2ccccc2)CC[C@]12CO2. The van der Waals surface area contributed by atoms with E-state index in [1.54, 1.807) is 0 Å². The lowest BCUT2D eigenvalue weighted by Gasteiger charge is -2.36. The highest BCUT2D eigenvalue weighted by Crippen LogP contribution is 2.59. The fourth-order valence-corrected chi connectivity index (χ4v) is 4.57. The average molecular weight is 386 g/mol. The summed E-state index contributed by atoms with van der Waals surface area (Å²) in [6, 6.07) is 9.64. The van der Waals surface area contributed by atoms with Gasteiger partial charge >= 0.3 is 6.16 Å². The molecule has 5 heteroatoms. The summed E-state index contributed by atoms with van der Waals surface area (Å²) < 4.78 is 22.9. The molecular weight excluding hydrogens is 356 g/mol. The average Bonchev–Trinajstić information content (AvgIpc) is 3.59. The summed E-state index contributed by atoms with van der Waals surface area (Å²) in [4.78, 5) is 12.2. The Bertz CT molecular complexity index is 735. The third kappa shape index (κ3) is 4.11. The zero-order valence-electron chi connectivity index (χ0n) is 17.0. The smallest absolute Gasteiger partial charge is 0.431 e. The Labute approximate surface area is 167 Å². The molecule has 1 aromatic carbocycles. The van der Waals surface area contributed by atoms with Crippen LogP contribution in [0.5, 0.6) is 0 Å². The van der Waals surface area contributed by atoms with Crippen LogP contribution in [0, 0.1) is 5.92 Å². The number of allylic oxidation sites excluding steroid dienone is 1. The van der Waals surface area contributed by atoms with Gasteiger partial charge in [-0.05, 0) is 52.0 Å². The molecule has 28 heavy (non-hydrogen) atoms. The van der Waals surface area contributed by atoms with Crippen molar-refractivity contribution in [3.8, 4) is 0 Å². The quantitative estimate of drug-likeness (QED) is 0.400. The van der Waals surface area contributed by atoms with Crippen molar-refractivity contribution in [2.24, 2.45) is 5.92 Å². The Kier molecular flexibility index (Phi) is 5.23.